The Bertz CT molecular complexity index is 296. The molecule has 0 saturated carbocycles. The molecule has 5 nitrogen and oxygen atoms in total. The van der Waals surface area contributed by atoms with Gasteiger partial charge in [0.25, 0.3) is 0 Å². The van der Waals surface area contributed by atoms with Crippen molar-refractivity contribution < 1.29 is 14.3 Å². The van der Waals surface area contributed by atoms with Crippen molar-refractivity contribution in [3.05, 3.63) is 11.8 Å². The van der Waals surface area contributed by atoms with Gasteiger partial charge in [-0.3, -0.25) is 0 Å². The van der Waals surface area contributed by atoms with E-state index in [1.165, 1.54) is 11.8 Å². The summed E-state index contributed by atoms with van der Waals surface area (Å²) in [6, 6.07) is 0. The van der Waals surface area contributed by atoms with Gasteiger partial charge >= 0.3 is 6.09 Å². The number of carbonyl (C=O) groups is 1. The van der Waals surface area contributed by atoms with Gasteiger partial charge in [-0.2, -0.15) is 0 Å². The Morgan fingerprint density at radius 3 is 3.44 bits per heavy atom. The Hall–Kier alpha value is -0.880. The molecule has 1 fully saturated rings. The Morgan fingerprint density at radius 2 is 2.69 bits per heavy atom. The number of rotatable bonds is 3. The maximum absolute atomic E-state index is 11.3. The standard InChI is InChI=1S/C10H16N2O3S/c1-2-5-11-9(13)15-10-12-7-4-3-6-14-8(7)16-10/h4,8,10,12H,2-3,5-6H2,1H3,(H,11,13). The quantitative estimate of drug-likeness (QED) is 0.785. The average Bonchev–Trinajstić information content (AvgIpc) is 2.68. The van der Waals surface area contributed by atoms with Crippen LogP contribution in [0, 0.1) is 0 Å². The fourth-order valence-electron chi connectivity index (χ4n) is 1.52. The fraction of sp³-hybridized carbons (Fsp3) is 0.700. The lowest BCUT2D eigenvalue weighted by molar-refractivity contribution is 0.120. The largest absolute Gasteiger partial charge is 0.416 e. The molecule has 2 N–H and O–H groups in total. The number of amides is 1. The molecule has 2 atom stereocenters. The van der Waals surface area contributed by atoms with Gasteiger partial charge in [0, 0.05) is 6.54 Å². The zero-order valence-electron chi connectivity index (χ0n) is 9.19. The molecular weight excluding hydrogens is 228 g/mol. The van der Waals surface area contributed by atoms with Crippen molar-refractivity contribution in [1.29, 1.82) is 0 Å². The maximum Gasteiger partial charge on any atom is 0.409 e. The number of carbonyl (C=O) groups excluding carboxylic acids is 1. The van der Waals surface area contributed by atoms with Gasteiger partial charge in [0.2, 0.25) is 5.56 Å². The lowest BCUT2D eigenvalue weighted by Gasteiger charge is -2.15. The Labute approximate surface area is 98.9 Å². The zero-order chi connectivity index (χ0) is 11.4. The molecule has 2 heterocycles. The molecule has 2 aliphatic rings. The number of hydrogen-bond donors (Lipinski definition) is 2. The number of alkyl carbamates (subject to hydrolysis) is 1. The van der Waals surface area contributed by atoms with E-state index in [9.17, 15) is 4.79 Å². The lowest BCUT2D eigenvalue weighted by Crippen LogP contribution is -2.32. The van der Waals surface area contributed by atoms with Crippen molar-refractivity contribution in [2.45, 2.75) is 30.8 Å². The third kappa shape index (κ3) is 2.82. The molecule has 0 spiro atoms. The predicted octanol–water partition coefficient (Wildman–Crippen LogP) is 1.37. The van der Waals surface area contributed by atoms with Crippen LogP contribution in [0.3, 0.4) is 0 Å². The molecule has 0 aromatic rings. The van der Waals surface area contributed by atoms with E-state index in [4.69, 9.17) is 9.47 Å². The van der Waals surface area contributed by atoms with E-state index in [1.807, 2.05) is 6.92 Å². The van der Waals surface area contributed by atoms with E-state index in [-0.39, 0.29) is 17.1 Å². The van der Waals surface area contributed by atoms with E-state index in [0.29, 0.717) is 6.54 Å². The third-order valence-electron chi connectivity index (χ3n) is 2.27. The number of ether oxygens (including phenoxy) is 2. The highest BCUT2D eigenvalue weighted by molar-refractivity contribution is 8.00. The summed E-state index contributed by atoms with van der Waals surface area (Å²) in [6.45, 7) is 3.37. The van der Waals surface area contributed by atoms with Crippen LogP contribution in [0.15, 0.2) is 11.8 Å². The van der Waals surface area contributed by atoms with Crippen LogP contribution >= 0.6 is 11.8 Å². The maximum atomic E-state index is 11.3. The normalized spacial score (nSPS) is 27.7. The first-order valence-electron chi connectivity index (χ1n) is 5.47. The van der Waals surface area contributed by atoms with Crippen LogP contribution in [0.25, 0.3) is 0 Å². The molecule has 1 saturated heterocycles. The average molecular weight is 244 g/mol. The number of fused-ring (bicyclic) bond motifs is 1. The molecule has 2 aliphatic heterocycles. The fourth-order valence-corrected chi connectivity index (χ4v) is 2.58. The minimum Gasteiger partial charge on any atom is -0.416 e. The van der Waals surface area contributed by atoms with Crippen LogP contribution in [-0.2, 0) is 9.47 Å². The van der Waals surface area contributed by atoms with Gasteiger partial charge < -0.3 is 20.1 Å². The van der Waals surface area contributed by atoms with Crippen LogP contribution in [-0.4, -0.2) is 30.2 Å². The molecule has 0 aromatic carbocycles. The first kappa shape index (κ1) is 11.6. The molecule has 2 rings (SSSR count). The topological polar surface area (TPSA) is 59.6 Å². The number of hydrogen-bond acceptors (Lipinski definition) is 5. The summed E-state index contributed by atoms with van der Waals surface area (Å²) in [4.78, 5) is 11.3. The molecule has 90 valence electrons. The van der Waals surface area contributed by atoms with E-state index in [2.05, 4.69) is 16.7 Å². The second-order valence-electron chi connectivity index (χ2n) is 3.60. The van der Waals surface area contributed by atoms with Crippen LogP contribution in [0.2, 0.25) is 0 Å². The van der Waals surface area contributed by atoms with Crippen molar-refractivity contribution in [3.63, 3.8) is 0 Å². The summed E-state index contributed by atoms with van der Waals surface area (Å²) in [6.07, 6.45) is 3.52. The monoisotopic (exact) mass is 244 g/mol. The molecule has 16 heavy (non-hydrogen) atoms. The van der Waals surface area contributed by atoms with Gasteiger partial charge in [0.1, 0.15) is 5.44 Å². The lowest BCUT2D eigenvalue weighted by atomic mass is 10.3. The molecular formula is C10H16N2O3S. The van der Waals surface area contributed by atoms with Crippen LogP contribution in [0.5, 0.6) is 0 Å². The summed E-state index contributed by atoms with van der Waals surface area (Å²) in [5.41, 5.74) is 0.675. The van der Waals surface area contributed by atoms with Crippen molar-refractivity contribution in [1.82, 2.24) is 10.6 Å². The smallest absolute Gasteiger partial charge is 0.409 e. The summed E-state index contributed by atoms with van der Waals surface area (Å²) < 4.78 is 10.7. The van der Waals surface area contributed by atoms with Crippen molar-refractivity contribution in [2.75, 3.05) is 13.2 Å². The van der Waals surface area contributed by atoms with Crippen molar-refractivity contribution in [2.24, 2.45) is 0 Å². The molecule has 2 unspecified atom stereocenters. The molecule has 0 bridgehead atoms. The van der Waals surface area contributed by atoms with Crippen molar-refractivity contribution in [3.8, 4) is 0 Å². The third-order valence-corrected chi connectivity index (χ3v) is 3.37. The highest BCUT2D eigenvalue weighted by Crippen LogP contribution is 2.33. The van der Waals surface area contributed by atoms with Crippen LogP contribution in [0.1, 0.15) is 19.8 Å². The molecule has 1 amide bonds. The zero-order valence-corrected chi connectivity index (χ0v) is 10.0. The van der Waals surface area contributed by atoms with Crippen LogP contribution < -0.4 is 10.6 Å². The van der Waals surface area contributed by atoms with Gasteiger partial charge in [0.15, 0.2) is 0 Å². The van der Waals surface area contributed by atoms with E-state index >= 15 is 0 Å². The summed E-state index contributed by atoms with van der Waals surface area (Å²) in [7, 11) is 0. The Balaban J connectivity index is 1.78. The highest BCUT2D eigenvalue weighted by Gasteiger charge is 2.33. The molecule has 0 aromatic heterocycles. The van der Waals surface area contributed by atoms with Crippen LogP contribution in [0.4, 0.5) is 4.79 Å². The first-order valence-corrected chi connectivity index (χ1v) is 6.42. The predicted molar refractivity (Wildman–Crippen MR) is 61.7 cm³/mol. The summed E-state index contributed by atoms with van der Waals surface area (Å²) >= 11 is 1.47. The SMILES string of the molecule is CCCNC(=O)OC1NC2=CCCOC2S1. The number of thioether (sulfide) groups is 1. The summed E-state index contributed by atoms with van der Waals surface area (Å²) in [5, 5.41) is 5.78. The molecule has 0 aliphatic carbocycles. The van der Waals surface area contributed by atoms with Gasteiger partial charge in [-0.15, -0.1) is 0 Å². The van der Waals surface area contributed by atoms with E-state index < -0.39 is 0 Å². The van der Waals surface area contributed by atoms with E-state index in [1.54, 1.807) is 0 Å². The first-order chi connectivity index (χ1) is 7.79. The second-order valence-corrected chi connectivity index (χ2v) is 4.72. The minimum atomic E-state index is -0.383. The molecule has 0 radical (unpaired) electrons. The summed E-state index contributed by atoms with van der Waals surface area (Å²) in [5.74, 6) is 0. The van der Waals surface area contributed by atoms with Gasteiger partial charge in [0.05, 0.1) is 12.3 Å². The minimum absolute atomic E-state index is 0.00211. The van der Waals surface area contributed by atoms with E-state index in [0.717, 1.165) is 25.1 Å². The number of nitrogens with one attached hydrogen (secondary N) is 2. The van der Waals surface area contributed by atoms with Gasteiger partial charge in [-0.1, -0.05) is 24.8 Å². The second kappa shape index (κ2) is 5.45. The van der Waals surface area contributed by atoms with Gasteiger partial charge in [-0.05, 0) is 12.8 Å². The van der Waals surface area contributed by atoms with Crippen molar-refractivity contribution >= 4 is 17.9 Å². The Kier molecular flexibility index (Phi) is 3.95. The molecule has 6 heteroatoms. The van der Waals surface area contributed by atoms with Gasteiger partial charge in [-0.25, -0.2) is 4.79 Å². The Morgan fingerprint density at radius 1 is 1.81 bits per heavy atom. The highest BCUT2D eigenvalue weighted by atomic mass is 32.2.